The second-order valence-corrected chi connectivity index (χ2v) is 3.62. The standard InChI is InChI=1S/C13H21NO.ClH/c1-4-14(5-2)11-10-12-6-8-13(15-3)9-7-12;/h6-9H,4-5,10-11H2,1-3H3;1H. The van der Waals surface area contributed by atoms with Crippen LogP contribution in [0.3, 0.4) is 0 Å². The van der Waals surface area contributed by atoms with E-state index in [0.29, 0.717) is 0 Å². The highest BCUT2D eigenvalue weighted by Gasteiger charge is 1.99. The number of likely N-dealkylation sites (N-methyl/N-ethyl adjacent to an activating group) is 1. The summed E-state index contributed by atoms with van der Waals surface area (Å²) in [7, 11) is 1.70. The fourth-order valence-electron chi connectivity index (χ4n) is 1.62. The monoisotopic (exact) mass is 243 g/mol. The summed E-state index contributed by atoms with van der Waals surface area (Å²) in [5.74, 6) is 0.932. The van der Waals surface area contributed by atoms with E-state index < -0.39 is 0 Å². The number of benzene rings is 1. The Hall–Kier alpha value is -0.730. The Bertz CT molecular complexity index is 270. The molecule has 0 atom stereocenters. The molecular weight excluding hydrogens is 222 g/mol. The molecule has 0 radical (unpaired) electrons. The number of ether oxygens (including phenoxy) is 1. The Morgan fingerprint density at radius 1 is 1.06 bits per heavy atom. The quantitative estimate of drug-likeness (QED) is 0.762. The average molecular weight is 244 g/mol. The first-order chi connectivity index (χ1) is 7.30. The molecule has 16 heavy (non-hydrogen) atoms. The van der Waals surface area contributed by atoms with Crippen molar-refractivity contribution >= 4 is 12.4 Å². The molecular formula is C13H22ClNO. The van der Waals surface area contributed by atoms with Gasteiger partial charge in [-0.3, -0.25) is 0 Å². The molecule has 3 heteroatoms. The third-order valence-electron chi connectivity index (χ3n) is 2.77. The van der Waals surface area contributed by atoms with Crippen molar-refractivity contribution in [3.8, 4) is 5.75 Å². The van der Waals surface area contributed by atoms with E-state index in [1.807, 2.05) is 12.1 Å². The van der Waals surface area contributed by atoms with E-state index in [9.17, 15) is 0 Å². The Labute approximate surface area is 105 Å². The average Bonchev–Trinajstić information content (AvgIpc) is 2.31. The van der Waals surface area contributed by atoms with Gasteiger partial charge in [-0.25, -0.2) is 0 Å². The zero-order valence-electron chi connectivity index (χ0n) is 10.4. The highest BCUT2D eigenvalue weighted by Crippen LogP contribution is 2.11. The molecule has 0 aliphatic carbocycles. The molecule has 0 aliphatic rings. The first-order valence-electron chi connectivity index (χ1n) is 5.65. The van der Waals surface area contributed by atoms with Crippen molar-refractivity contribution in [2.75, 3.05) is 26.7 Å². The number of hydrogen-bond acceptors (Lipinski definition) is 2. The molecule has 0 N–H and O–H groups in total. The molecule has 0 amide bonds. The molecule has 2 nitrogen and oxygen atoms in total. The van der Waals surface area contributed by atoms with Crippen LogP contribution in [0.5, 0.6) is 5.75 Å². The van der Waals surface area contributed by atoms with E-state index in [2.05, 4.69) is 30.9 Å². The first kappa shape index (κ1) is 15.3. The van der Waals surface area contributed by atoms with Crippen LogP contribution in [-0.2, 0) is 6.42 Å². The first-order valence-corrected chi connectivity index (χ1v) is 5.65. The minimum Gasteiger partial charge on any atom is -0.497 e. The van der Waals surface area contributed by atoms with Crippen molar-refractivity contribution in [1.82, 2.24) is 4.90 Å². The van der Waals surface area contributed by atoms with Gasteiger partial charge in [0, 0.05) is 6.54 Å². The van der Waals surface area contributed by atoms with Gasteiger partial charge in [0.2, 0.25) is 0 Å². The van der Waals surface area contributed by atoms with Crippen LogP contribution in [0.4, 0.5) is 0 Å². The van der Waals surface area contributed by atoms with E-state index in [0.717, 1.165) is 31.8 Å². The highest BCUT2D eigenvalue weighted by molar-refractivity contribution is 5.85. The van der Waals surface area contributed by atoms with Gasteiger partial charge in [0.1, 0.15) is 5.75 Å². The number of halogens is 1. The molecule has 0 bridgehead atoms. The lowest BCUT2D eigenvalue weighted by Crippen LogP contribution is -2.25. The summed E-state index contributed by atoms with van der Waals surface area (Å²) in [5, 5.41) is 0. The summed E-state index contributed by atoms with van der Waals surface area (Å²) >= 11 is 0. The minimum absolute atomic E-state index is 0. The summed E-state index contributed by atoms with van der Waals surface area (Å²) in [6.07, 6.45) is 1.12. The molecule has 1 aromatic carbocycles. The van der Waals surface area contributed by atoms with Crippen molar-refractivity contribution in [2.45, 2.75) is 20.3 Å². The molecule has 92 valence electrons. The predicted molar refractivity (Wildman–Crippen MR) is 71.7 cm³/mol. The molecule has 0 saturated heterocycles. The van der Waals surface area contributed by atoms with Crippen LogP contribution in [0.25, 0.3) is 0 Å². The molecule has 1 rings (SSSR count). The fraction of sp³-hybridized carbons (Fsp3) is 0.538. The van der Waals surface area contributed by atoms with Gasteiger partial charge >= 0.3 is 0 Å². The Kier molecular flexibility index (Phi) is 8.04. The largest absolute Gasteiger partial charge is 0.497 e. The summed E-state index contributed by atoms with van der Waals surface area (Å²) in [4.78, 5) is 2.43. The van der Waals surface area contributed by atoms with Crippen molar-refractivity contribution < 1.29 is 4.74 Å². The van der Waals surface area contributed by atoms with Gasteiger partial charge < -0.3 is 9.64 Å². The maximum atomic E-state index is 5.13. The van der Waals surface area contributed by atoms with Crippen LogP contribution in [-0.4, -0.2) is 31.6 Å². The summed E-state index contributed by atoms with van der Waals surface area (Å²) in [6.45, 7) is 7.81. The Morgan fingerprint density at radius 3 is 2.06 bits per heavy atom. The van der Waals surface area contributed by atoms with Gasteiger partial charge in [0.15, 0.2) is 0 Å². The molecule has 0 saturated carbocycles. The second kappa shape index (κ2) is 8.43. The van der Waals surface area contributed by atoms with Crippen LogP contribution in [0.15, 0.2) is 24.3 Å². The van der Waals surface area contributed by atoms with E-state index in [1.165, 1.54) is 5.56 Å². The zero-order valence-corrected chi connectivity index (χ0v) is 11.2. The normalized spacial score (nSPS) is 10.0. The molecule has 1 aromatic rings. The van der Waals surface area contributed by atoms with Crippen LogP contribution in [0.2, 0.25) is 0 Å². The van der Waals surface area contributed by atoms with Gasteiger partial charge in [0.05, 0.1) is 7.11 Å². The SMILES string of the molecule is CCN(CC)CCc1ccc(OC)cc1.Cl. The second-order valence-electron chi connectivity index (χ2n) is 3.62. The molecule has 0 aliphatic heterocycles. The zero-order chi connectivity index (χ0) is 11.1. The molecule has 0 unspecified atom stereocenters. The fourth-order valence-corrected chi connectivity index (χ4v) is 1.62. The molecule has 0 heterocycles. The maximum absolute atomic E-state index is 5.13. The van der Waals surface area contributed by atoms with Crippen LogP contribution < -0.4 is 4.74 Å². The van der Waals surface area contributed by atoms with Gasteiger partial charge in [-0.15, -0.1) is 12.4 Å². The lowest BCUT2D eigenvalue weighted by Gasteiger charge is -2.17. The van der Waals surface area contributed by atoms with Crippen LogP contribution in [0, 0.1) is 0 Å². The van der Waals surface area contributed by atoms with Crippen LogP contribution >= 0.6 is 12.4 Å². The van der Waals surface area contributed by atoms with E-state index in [1.54, 1.807) is 7.11 Å². The van der Waals surface area contributed by atoms with Crippen molar-refractivity contribution in [1.29, 1.82) is 0 Å². The Balaban J connectivity index is 0.00000225. The Morgan fingerprint density at radius 2 is 1.62 bits per heavy atom. The van der Waals surface area contributed by atoms with Crippen molar-refractivity contribution in [2.24, 2.45) is 0 Å². The number of hydrogen-bond donors (Lipinski definition) is 0. The van der Waals surface area contributed by atoms with Crippen LogP contribution in [0.1, 0.15) is 19.4 Å². The topological polar surface area (TPSA) is 12.5 Å². The molecule has 0 spiro atoms. The van der Waals surface area contributed by atoms with Gasteiger partial charge in [0.25, 0.3) is 0 Å². The number of nitrogens with zero attached hydrogens (tertiary/aromatic N) is 1. The minimum atomic E-state index is 0. The lowest BCUT2D eigenvalue weighted by atomic mass is 10.1. The van der Waals surface area contributed by atoms with Gasteiger partial charge in [-0.1, -0.05) is 26.0 Å². The smallest absolute Gasteiger partial charge is 0.118 e. The summed E-state index contributed by atoms with van der Waals surface area (Å²) < 4.78 is 5.13. The predicted octanol–water partition coefficient (Wildman–Crippen LogP) is 3.00. The summed E-state index contributed by atoms with van der Waals surface area (Å²) in [5.41, 5.74) is 1.38. The molecule has 0 aromatic heterocycles. The highest BCUT2D eigenvalue weighted by atomic mass is 35.5. The third-order valence-corrected chi connectivity index (χ3v) is 2.77. The van der Waals surface area contributed by atoms with Crippen molar-refractivity contribution in [3.05, 3.63) is 29.8 Å². The van der Waals surface area contributed by atoms with Gasteiger partial charge in [-0.2, -0.15) is 0 Å². The van der Waals surface area contributed by atoms with E-state index in [4.69, 9.17) is 4.74 Å². The van der Waals surface area contributed by atoms with E-state index in [-0.39, 0.29) is 12.4 Å². The lowest BCUT2D eigenvalue weighted by molar-refractivity contribution is 0.308. The molecule has 0 fully saturated rings. The summed E-state index contributed by atoms with van der Waals surface area (Å²) in [6, 6.07) is 8.33. The van der Waals surface area contributed by atoms with Crippen molar-refractivity contribution in [3.63, 3.8) is 0 Å². The maximum Gasteiger partial charge on any atom is 0.118 e. The number of rotatable bonds is 6. The number of methoxy groups -OCH3 is 1. The third kappa shape index (κ3) is 4.86. The van der Waals surface area contributed by atoms with Gasteiger partial charge in [-0.05, 0) is 37.2 Å². The van der Waals surface area contributed by atoms with E-state index >= 15 is 0 Å².